The molecule has 1 aromatic carbocycles. The number of carbonyl (C=O) groups excluding carboxylic acids is 1. The highest BCUT2D eigenvalue weighted by Gasteiger charge is 2.35. The molecule has 6 heteroatoms. The molecule has 1 aliphatic rings. The number of anilines is 1. The number of rotatable bonds is 3. The predicted octanol–water partition coefficient (Wildman–Crippen LogP) is 1.35. The van der Waals surface area contributed by atoms with Crippen molar-refractivity contribution < 1.29 is 14.5 Å². The molecule has 1 unspecified atom stereocenters. The number of ether oxygens (including phenoxy) is 1. The molecule has 0 aromatic heterocycles. The lowest BCUT2D eigenvalue weighted by Gasteiger charge is -2.40. The standard InChI is InChI=1S/C11H12N2O4/c1-17-11(14)10-5-6-12(10)8-3-2-4-9(7-8)13(15)16/h2-4,7,10H,5-6H2,1H3. The van der Waals surface area contributed by atoms with E-state index in [1.807, 2.05) is 0 Å². The first kappa shape index (κ1) is 11.4. The third-order valence-corrected chi connectivity index (χ3v) is 2.87. The fraction of sp³-hybridized carbons (Fsp3) is 0.364. The number of hydrogen-bond acceptors (Lipinski definition) is 5. The maximum absolute atomic E-state index is 11.4. The van der Waals surface area contributed by atoms with Crippen molar-refractivity contribution in [1.29, 1.82) is 0 Å². The van der Waals surface area contributed by atoms with E-state index < -0.39 is 4.92 Å². The number of carbonyl (C=O) groups is 1. The molecule has 0 bridgehead atoms. The molecule has 90 valence electrons. The van der Waals surface area contributed by atoms with E-state index in [4.69, 9.17) is 0 Å². The number of esters is 1. The second-order valence-corrected chi connectivity index (χ2v) is 3.80. The van der Waals surface area contributed by atoms with Crippen LogP contribution in [0.15, 0.2) is 24.3 Å². The van der Waals surface area contributed by atoms with Gasteiger partial charge in [0, 0.05) is 24.4 Å². The molecule has 1 aromatic rings. The maximum Gasteiger partial charge on any atom is 0.328 e. The Bertz CT molecular complexity index is 461. The minimum atomic E-state index is -0.448. The number of non-ortho nitro benzene ring substituents is 1. The summed E-state index contributed by atoms with van der Waals surface area (Å²) in [6.45, 7) is 0.709. The molecule has 17 heavy (non-hydrogen) atoms. The molecule has 2 rings (SSSR count). The molecule has 0 aliphatic carbocycles. The number of nitrogens with zero attached hydrogens (tertiary/aromatic N) is 2. The van der Waals surface area contributed by atoms with Gasteiger partial charge in [-0.3, -0.25) is 10.1 Å². The van der Waals surface area contributed by atoms with Crippen LogP contribution in [0.25, 0.3) is 0 Å². The molecule has 1 aliphatic heterocycles. The van der Waals surface area contributed by atoms with Crippen LogP contribution in [0.2, 0.25) is 0 Å². The highest BCUT2D eigenvalue weighted by molar-refractivity contribution is 5.82. The van der Waals surface area contributed by atoms with Crippen molar-refractivity contribution >= 4 is 17.3 Å². The van der Waals surface area contributed by atoms with Crippen LogP contribution in [-0.4, -0.2) is 30.6 Å². The first-order valence-electron chi connectivity index (χ1n) is 5.22. The van der Waals surface area contributed by atoms with E-state index in [0.29, 0.717) is 12.2 Å². The Balaban J connectivity index is 2.20. The van der Waals surface area contributed by atoms with Gasteiger partial charge >= 0.3 is 5.97 Å². The molecule has 1 fully saturated rings. The van der Waals surface area contributed by atoms with Crippen molar-refractivity contribution in [2.24, 2.45) is 0 Å². The first-order valence-corrected chi connectivity index (χ1v) is 5.22. The first-order chi connectivity index (χ1) is 8.13. The summed E-state index contributed by atoms with van der Waals surface area (Å²) in [5.41, 5.74) is 0.707. The molecule has 1 atom stereocenters. The fourth-order valence-corrected chi connectivity index (χ4v) is 1.86. The van der Waals surface area contributed by atoms with Crippen molar-refractivity contribution in [2.75, 3.05) is 18.6 Å². The minimum absolute atomic E-state index is 0.0259. The molecule has 1 saturated heterocycles. The largest absolute Gasteiger partial charge is 0.467 e. The molecule has 0 N–H and O–H groups in total. The lowest BCUT2D eigenvalue weighted by atomic mass is 10.0. The molecule has 6 nitrogen and oxygen atoms in total. The van der Waals surface area contributed by atoms with Crippen molar-refractivity contribution in [2.45, 2.75) is 12.5 Å². The molecule has 1 heterocycles. The summed E-state index contributed by atoms with van der Waals surface area (Å²) in [6.07, 6.45) is 0.718. The summed E-state index contributed by atoms with van der Waals surface area (Å²) < 4.78 is 4.67. The van der Waals surface area contributed by atoms with Gasteiger partial charge in [-0.1, -0.05) is 6.07 Å². The topological polar surface area (TPSA) is 72.7 Å². The van der Waals surface area contributed by atoms with Crippen LogP contribution in [0.1, 0.15) is 6.42 Å². The zero-order valence-electron chi connectivity index (χ0n) is 9.33. The van der Waals surface area contributed by atoms with Gasteiger partial charge in [-0.25, -0.2) is 4.79 Å². The Morgan fingerprint density at radius 2 is 2.35 bits per heavy atom. The van der Waals surface area contributed by atoms with E-state index >= 15 is 0 Å². The zero-order valence-corrected chi connectivity index (χ0v) is 9.33. The third-order valence-electron chi connectivity index (χ3n) is 2.87. The van der Waals surface area contributed by atoms with Crippen molar-refractivity contribution in [3.05, 3.63) is 34.4 Å². The SMILES string of the molecule is COC(=O)C1CCN1c1cccc([N+](=O)[O-])c1. The Kier molecular flexibility index (Phi) is 2.95. The third kappa shape index (κ3) is 2.06. The van der Waals surface area contributed by atoms with E-state index in [1.54, 1.807) is 17.0 Å². The van der Waals surface area contributed by atoms with Gasteiger partial charge in [0.25, 0.3) is 5.69 Å². The van der Waals surface area contributed by atoms with Crippen LogP contribution in [0.5, 0.6) is 0 Å². The van der Waals surface area contributed by atoms with Crippen LogP contribution >= 0.6 is 0 Å². The number of nitro benzene ring substituents is 1. The van der Waals surface area contributed by atoms with Crippen LogP contribution < -0.4 is 4.90 Å². The van der Waals surface area contributed by atoms with Gasteiger partial charge in [0.05, 0.1) is 12.0 Å². The van der Waals surface area contributed by atoms with E-state index in [1.165, 1.54) is 19.2 Å². The van der Waals surface area contributed by atoms with Gasteiger partial charge in [0.1, 0.15) is 6.04 Å². The summed E-state index contributed by atoms with van der Waals surface area (Å²) in [5, 5.41) is 10.6. The van der Waals surface area contributed by atoms with Gasteiger partial charge in [0.15, 0.2) is 0 Å². The Hall–Kier alpha value is -2.11. The molecular weight excluding hydrogens is 224 g/mol. The Labute approximate surface area is 97.9 Å². The molecule has 0 spiro atoms. The normalized spacial score (nSPS) is 18.4. The summed E-state index contributed by atoms with van der Waals surface area (Å²) in [7, 11) is 1.34. The molecular formula is C11H12N2O4. The smallest absolute Gasteiger partial charge is 0.328 e. The quantitative estimate of drug-likeness (QED) is 0.450. The predicted molar refractivity (Wildman–Crippen MR) is 60.9 cm³/mol. The van der Waals surface area contributed by atoms with E-state index in [9.17, 15) is 14.9 Å². The summed E-state index contributed by atoms with van der Waals surface area (Å²) in [4.78, 5) is 23.4. The maximum atomic E-state index is 11.4. The van der Waals surface area contributed by atoms with E-state index in [2.05, 4.69) is 4.74 Å². The van der Waals surface area contributed by atoms with Crippen LogP contribution in [0.4, 0.5) is 11.4 Å². The second kappa shape index (κ2) is 4.40. The van der Waals surface area contributed by atoms with Gasteiger partial charge in [-0.05, 0) is 12.5 Å². The van der Waals surface area contributed by atoms with Gasteiger partial charge in [-0.2, -0.15) is 0 Å². The van der Waals surface area contributed by atoms with E-state index in [0.717, 1.165) is 6.42 Å². The highest BCUT2D eigenvalue weighted by atomic mass is 16.6. The highest BCUT2D eigenvalue weighted by Crippen LogP contribution is 2.29. The molecule has 0 amide bonds. The second-order valence-electron chi connectivity index (χ2n) is 3.80. The van der Waals surface area contributed by atoms with Gasteiger partial charge < -0.3 is 9.64 Å². The average molecular weight is 236 g/mol. The Morgan fingerprint density at radius 1 is 1.59 bits per heavy atom. The summed E-state index contributed by atoms with van der Waals surface area (Å²) in [5.74, 6) is -0.303. The monoisotopic (exact) mass is 236 g/mol. The fourth-order valence-electron chi connectivity index (χ4n) is 1.86. The van der Waals surface area contributed by atoms with Gasteiger partial charge in [0.2, 0.25) is 0 Å². The van der Waals surface area contributed by atoms with Gasteiger partial charge in [-0.15, -0.1) is 0 Å². The summed E-state index contributed by atoms with van der Waals surface area (Å²) in [6, 6.07) is 5.94. The lowest BCUT2D eigenvalue weighted by molar-refractivity contribution is -0.384. The summed E-state index contributed by atoms with van der Waals surface area (Å²) >= 11 is 0. The minimum Gasteiger partial charge on any atom is -0.467 e. The average Bonchev–Trinajstić information content (AvgIpc) is 2.27. The molecule has 0 saturated carbocycles. The zero-order chi connectivity index (χ0) is 12.4. The lowest BCUT2D eigenvalue weighted by Crippen LogP contribution is -2.53. The van der Waals surface area contributed by atoms with Crippen LogP contribution in [-0.2, 0) is 9.53 Å². The number of benzene rings is 1. The number of hydrogen-bond donors (Lipinski definition) is 0. The number of methoxy groups -OCH3 is 1. The van der Waals surface area contributed by atoms with Crippen LogP contribution in [0, 0.1) is 10.1 Å². The van der Waals surface area contributed by atoms with E-state index in [-0.39, 0.29) is 17.7 Å². The van der Waals surface area contributed by atoms with Crippen LogP contribution in [0.3, 0.4) is 0 Å². The van der Waals surface area contributed by atoms with Crippen molar-refractivity contribution in [3.63, 3.8) is 0 Å². The van der Waals surface area contributed by atoms with Crippen molar-refractivity contribution in [3.8, 4) is 0 Å². The molecule has 0 radical (unpaired) electrons. The Morgan fingerprint density at radius 3 is 2.88 bits per heavy atom. The number of nitro groups is 1. The van der Waals surface area contributed by atoms with Crippen molar-refractivity contribution in [1.82, 2.24) is 0 Å².